The standard InChI is InChI=1S/C16H15BrF3N/c1-10-6-12(9-14(17)7-10)15(21)8-11-2-4-13(5-3-11)16(18,19)20/h2-7,9,15H,8,21H2,1H3. The molecule has 1 unspecified atom stereocenters. The largest absolute Gasteiger partial charge is 0.416 e. The van der Waals surface area contributed by atoms with E-state index in [9.17, 15) is 13.2 Å². The fourth-order valence-electron chi connectivity index (χ4n) is 2.18. The molecule has 0 aliphatic heterocycles. The molecule has 0 radical (unpaired) electrons. The summed E-state index contributed by atoms with van der Waals surface area (Å²) >= 11 is 3.42. The zero-order valence-corrected chi connectivity index (χ0v) is 13.0. The minimum absolute atomic E-state index is 0.252. The van der Waals surface area contributed by atoms with Gasteiger partial charge in [-0.05, 0) is 54.3 Å². The predicted molar refractivity (Wildman–Crippen MR) is 81.0 cm³/mol. The van der Waals surface area contributed by atoms with Crippen LogP contribution in [0, 0.1) is 6.92 Å². The Kier molecular flexibility index (Phi) is 4.74. The summed E-state index contributed by atoms with van der Waals surface area (Å²) in [5.41, 5.74) is 8.34. The first-order chi connectivity index (χ1) is 9.75. The van der Waals surface area contributed by atoms with E-state index in [2.05, 4.69) is 15.9 Å². The molecule has 0 aromatic heterocycles. The van der Waals surface area contributed by atoms with Crippen molar-refractivity contribution in [3.05, 3.63) is 69.2 Å². The van der Waals surface area contributed by atoms with Crippen LogP contribution in [0.5, 0.6) is 0 Å². The van der Waals surface area contributed by atoms with Gasteiger partial charge in [0.2, 0.25) is 0 Å². The van der Waals surface area contributed by atoms with Crippen molar-refractivity contribution in [3.8, 4) is 0 Å². The fourth-order valence-corrected chi connectivity index (χ4v) is 2.81. The van der Waals surface area contributed by atoms with Crippen molar-refractivity contribution < 1.29 is 13.2 Å². The second-order valence-electron chi connectivity index (χ2n) is 5.07. The summed E-state index contributed by atoms with van der Waals surface area (Å²) in [7, 11) is 0. The molecule has 0 bridgehead atoms. The molecular formula is C16H15BrF3N. The van der Waals surface area contributed by atoms with Gasteiger partial charge in [0.1, 0.15) is 0 Å². The molecule has 2 rings (SSSR count). The molecule has 2 N–H and O–H groups in total. The van der Waals surface area contributed by atoms with Crippen LogP contribution in [0.4, 0.5) is 13.2 Å². The Hall–Kier alpha value is -1.33. The van der Waals surface area contributed by atoms with Gasteiger partial charge in [-0.1, -0.05) is 34.1 Å². The maximum absolute atomic E-state index is 12.5. The van der Waals surface area contributed by atoms with Crippen LogP contribution in [-0.2, 0) is 12.6 Å². The monoisotopic (exact) mass is 357 g/mol. The van der Waals surface area contributed by atoms with E-state index in [1.165, 1.54) is 12.1 Å². The Morgan fingerprint density at radius 3 is 2.24 bits per heavy atom. The van der Waals surface area contributed by atoms with Gasteiger partial charge in [-0.25, -0.2) is 0 Å². The molecule has 0 heterocycles. The van der Waals surface area contributed by atoms with Crippen molar-refractivity contribution in [2.45, 2.75) is 25.6 Å². The van der Waals surface area contributed by atoms with Crippen molar-refractivity contribution in [2.75, 3.05) is 0 Å². The summed E-state index contributed by atoms with van der Waals surface area (Å²) in [5.74, 6) is 0. The Labute approximate surface area is 130 Å². The number of rotatable bonds is 3. The first-order valence-corrected chi connectivity index (χ1v) is 7.24. The van der Waals surface area contributed by atoms with Gasteiger partial charge in [0, 0.05) is 10.5 Å². The van der Waals surface area contributed by atoms with E-state index in [0.29, 0.717) is 6.42 Å². The van der Waals surface area contributed by atoms with Crippen molar-refractivity contribution in [1.29, 1.82) is 0 Å². The van der Waals surface area contributed by atoms with E-state index < -0.39 is 11.7 Å². The number of benzene rings is 2. The van der Waals surface area contributed by atoms with E-state index in [1.807, 2.05) is 25.1 Å². The highest BCUT2D eigenvalue weighted by Gasteiger charge is 2.29. The number of hydrogen-bond donors (Lipinski definition) is 1. The normalized spacial score (nSPS) is 13.2. The molecule has 0 aliphatic rings. The molecule has 0 fully saturated rings. The van der Waals surface area contributed by atoms with Crippen molar-refractivity contribution in [1.82, 2.24) is 0 Å². The van der Waals surface area contributed by atoms with E-state index in [-0.39, 0.29) is 6.04 Å². The molecule has 2 aromatic carbocycles. The highest BCUT2D eigenvalue weighted by molar-refractivity contribution is 9.10. The molecule has 0 aliphatic carbocycles. The summed E-state index contributed by atoms with van der Waals surface area (Å²) in [4.78, 5) is 0. The molecule has 5 heteroatoms. The minimum atomic E-state index is -4.30. The van der Waals surface area contributed by atoms with Gasteiger partial charge in [0.25, 0.3) is 0 Å². The van der Waals surface area contributed by atoms with Gasteiger partial charge in [-0.3, -0.25) is 0 Å². The molecule has 0 saturated heterocycles. The van der Waals surface area contributed by atoms with E-state index in [4.69, 9.17) is 5.73 Å². The zero-order valence-electron chi connectivity index (χ0n) is 11.4. The molecule has 112 valence electrons. The van der Waals surface area contributed by atoms with Crippen molar-refractivity contribution in [2.24, 2.45) is 5.73 Å². The first-order valence-electron chi connectivity index (χ1n) is 6.44. The highest BCUT2D eigenvalue weighted by atomic mass is 79.9. The lowest BCUT2D eigenvalue weighted by atomic mass is 9.98. The first kappa shape index (κ1) is 16.0. The third kappa shape index (κ3) is 4.32. The summed E-state index contributed by atoms with van der Waals surface area (Å²) in [6, 6.07) is 10.8. The Morgan fingerprint density at radius 1 is 1.10 bits per heavy atom. The van der Waals surface area contributed by atoms with Crippen LogP contribution in [0.1, 0.15) is 28.3 Å². The summed E-state index contributed by atoms with van der Waals surface area (Å²) < 4.78 is 38.5. The van der Waals surface area contributed by atoms with Crippen LogP contribution >= 0.6 is 15.9 Å². The molecule has 0 amide bonds. The van der Waals surface area contributed by atoms with Crippen molar-refractivity contribution >= 4 is 15.9 Å². The lowest BCUT2D eigenvalue weighted by molar-refractivity contribution is -0.137. The van der Waals surface area contributed by atoms with Crippen LogP contribution in [-0.4, -0.2) is 0 Å². The summed E-state index contributed by atoms with van der Waals surface area (Å²) in [6.07, 6.45) is -3.81. The quantitative estimate of drug-likeness (QED) is 0.819. The van der Waals surface area contributed by atoms with Crippen LogP contribution in [0.15, 0.2) is 46.9 Å². The molecule has 0 spiro atoms. The third-order valence-corrected chi connectivity index (χ3v) is 3.69. The van der Waals surface area contributed by atoms with E-state index >= 15 is 0 Å². The fraction of sp³-hybridized carbons (Fsp3) is 0.250. The van der Waals surface area contributed by atoms with Crippen LogP contribution in [0.3, 0.4) is 0 Å². The lowest BCUT2D eigenvalue weighted by Crippen LogP contribution is -2.14. The Morgan fingerprint density at radius 2 is 1.71 bits per heavy atom. The molecular weight excluding hydrogens is 343 g/mol. The number of alkyl halides is 3. The molecule has 21 heavy (non-hydrogen) atoms. The van der Waals surface area contributed by atoms with Gasteiger partial charge in [-0.15, -0.1) is 0 Å². The number of aryl methyl sites for hydroxylation is 1. The SMILES string of the molecule is Cc1cc(Br)cc(C(N)Cc2ccc(C(F)(F)F)cc2)c1. The zero-order chi connectivity index (χ0) is 15.6. The third-order valence-electron chi connectivity index (χ3n) is 3.23. The highest BCUT2D eigenvalue weighted by Crippen LogP contribution is 2.29. The predicted octanol–water partition coefficient (Wildman–Crippen LogP) is 5.02. The average molecular weight is 358 g/mol. The smallest absolute Gasteiger partial charge is 0.324 e. The topological polar surface area (TPSA) is 26.0 Å². The second kappa shape index (κ2) is 6.20. The van der Waals surface area contributed by atoms with Gasteiger partial charge in [0.15, 0.2) is 0 Å². The van der Waals surface area contributed by atoms with Gasteiger partial charge >= 0.3 is 6.18 Å². The Bertz CT molecular complexity index is 600. The van der Waals surface area contributed by atoms with Gasteiger partial charge in [0.05, 0.1) is 5.56 Å². The number of nitrogens with two attached hydrogens (primary N) is 1. The van der Waals surface area contributed by atoms with Crippen LogP contribution in [0.2, 0.25) is 0 Å². The summed E-state index contributed by atoms with van der Waals surface area (Å²) in [5, 5.41) is 0. The molecule has 0 saturated carbocycles. The number of hydrogen-bond acceptors (Lipinski definition) is 1. The van der Waals surface area contributed by atoms with Gasteiger partial charge in [-0.2, -0.15) is 13.2 Å². The maximum Gasteiger partial charge on any atom is 0.416 e. The van der Waals surface area contributed by atoms with E-state index in [1.54, 1.807) is 0 Å². The molecule has 1 nitrogen and oxygen atoms in total. The van der Waals surface area contributed by atoms with Crippen LogP contribution < -0.4 is 5.73 Å². The Balaban J connectivity index is 2.14. The van der Waals surface area contributed by atoms with Crippen molar-refractivity contribution in [3.63, 3.8) is 0 Å². The minimum Gasteiger partial charge on any atom is -0.324 e. The lowest BCUT2D eigenvalue weighted by Gasteiger charge is -2.14. The van der Waals surface area contributed by atoms with Gasteiger partial charge < -0.3 is 5.73 Å². The van der Waals surface area contributed by atoms with E-state index in [0.717, 1.165) is 33.3 Å². The maximum atomic E-state index is 12.5. The average Bonchev–Trinajstić information content (AvgIpc) is 2.37. The molecule has 2 aromatic rings. The van der Waals surface area contributed by atoms with Crippen LogP contribution in [0.25, 0.3) is 0 Å². The molecule has 1 atom stereocenters. The number of halogens is 4. The summed E-state index contributed by atoms with van der Waals surface area (Å²) in [6.45, 7) is 1.97. The second-order valence-corrected chi connectivity index (χ2v) is 5.98.